The maximum absolute atomic E-state index is 12.7. The molecule has 0 aromatic heterocycles. The van der Waals surface area contributed by atoms with Crippen LogP contribution in [0.2, 0.25) is 0 Å². The average molecular weight is 241 g/mol. The number of rotatable bonds is 5. The number of benzene rings is 1. The fourth-order valence-electron chi connectivity index (χ4n) is 1.38. The number of aliphatic hydroxyl groups excluding tert-OH is 1. The van der Waals surface area contributed by atoms with E-state index in [9.17, 15) is 9.18 Å². The molecule has 0 heterocycles. The monoisotopic (exact) mass is 241 g/mol. The summed E-state index contributed by atoms with van der Waals surface area (Å²) in [7, 11) is 0. The van der Waals surface area contributed by atoms with Gasteiger partial charge in [-0.15, -0.1) is 0 Å². The van der Waals surface area contributed by atoms with Gasteiger partial charge in [-0.1, -0.05) is 12.1 Å². The molecule has 1 aromatic rings. The highest BCUT2D eigenvalue weighted by Crippen LogP contribution is 2.17. The first-order valence-corrected chi connectivity index (χ1v) is 5.22. The van der Waals surface area contributed by atoms with Crippen LogP contribution in [0.15, 0.2) is 24.3 Å². The quantitative estimate of drug-likeness (QED) is 0.727. The highest BCUT2D eigenvalue weighted by atomic mass is 19.1. The summed E-state index contributed by atoms with van der Waals surface area (Å²) in [6.07, 6.45) is 0. The molecule has 4 nitrogen and oxygen atoms in total. The van der Waals surface area contributed by atoms with Crippen LogP contribution in [0.3, 0.4) is 0 Å². The van der Waals surface area contributed by atoms with Gasteiger partial charge in [-0.2, -0.15) is 0 Å². The van der Waals surface area contributed by atoms with Gasteiger partial charge >= 0.3 is 5.97 Å². The van der Waals surface area contributed by atoms with Crippen LogP contribution in [0, 0.1) is 5.82 Å². The van der Waals surface area contributed by atoms with E-state index in [0.717, 1.165) is 0 Å². The fourth-order valence-corrected chi connectivity index (χ4v) is 1.38. The van der Waals surface area contributed by atoms with Gasteiger partial charge in [0.25, 0.3) is 0 Å². The second-order valence-electron chi connectivity index (χ2n) is 4.51. The van der Waals surface area contributed by atoms with Gasteiger partial charge in [0.1, 0.15) is 11.9 Å². The van der Waals surface area contributed by atoms with E-state index in [0.29, 0.717) is 5.56 Å². The van der Waals surface area contributed by atoms with Crippen molar-refractivity contribution in [3.8, 4) is 0 Å². The smallest absolute Gasteiger partial charge is 0.325 e. The van der Waals surface area contributed by atoms with Crippen molar-refractivity contribution in [3.63, 3.8) is 0 Å². The van der Waals surface area contributed by atoms with Gasteiger partial charge in [-0.3, -0.25) is 10.1 Å². The second-order valence-corrected chi connectivity index (χ2v) is 4.51. The highest BCUT2D eigenvalue weighted by molar-refractivity contribution is 5.75. The number of carboxylic acids is 1. The number of hydrogen-bond donors (Lipinski definition) is 3. The zero-order valence-electron chi connectivity index (χ0n) is 9.77. The summed E-state index contributed by atoms with van der Waals surface area (Å²) in [5, 5.41) is 21.0. The molecule has 0 amide bonds. The lowest BCUT2D eigenvalue weighted by molar-refractivity contribution is -0.140. The molecule has 0 aliphatic rings. The lowest BCUT2D eigenvalue weighted by atomic mass is 10.0. The van der Waals surface area contributed by atoms with Gasteiger partial charge in [-0.25, -0.2) is 4.39 Å². The van der Waals surface area contributed by atoms with E-state index in [-0.39, 0.29) is 6.61 Å². The molecule has 1 atom stereocenters. The van der Waals surface area contributed by atoms with E-state index in [2.05, 4.69) is 5.32 Å². The number of carbonyl (C=O) groups is 1. The minimum Gasteiger partial charge on any atom is -0.480 e. The first-order valence-electron chi connectivity index (χ1n) is 5.22. The fraction of sp³-hybridized carbons (Fsp3) is 0.417. The molecular formula is C12H16FNO3. The molecule has 0 spiro atoms. The van der Waals surface area contributed by atoms with Gasteiger partial charge in [0, 0.05) is 5.54 Å². The van der Waals surface area contributed by atoms with Crippen LogP contribution in [0.4, 0.5) is 4.39 Å². The minimum atomic E-state index is -1.07. The molecule has 1 rings (SSSR count). The molecule has 0 saturated heterocycles. The second kappa shape index (κ2) is 5.25. The Labute approximate surface area is 99.1 Å². The summed E-state index contributed by atoms with van der Waals surface area (Å²) in [6, 6.07) is 4.26. The van der Waals surface area contributed by atoms with Gasteiger partial charge in [0.2, 0.25) is 0 Å². The van der Waals surface area contributed by atoms with Crippen molar-refractivity contribution >= 4 is 5.97 Å². The van der Waals surface area contributed by atoms with Gasteiger partial charge in [0.05, 0.1) is 6.61 Å². The lowest BCUT2D eigenvalue weighted by Gasteiger charge is -2.28. The normalized spacial score (nSPS) is 13.4. The number of aliphatic carboxylic acids is 1. The zero-order chi connectivity index (χ0) is 13.1. The molecule has 0 aliphatic heterocycles. The topological polar surface area (TPSA) is 69.6 Å². The first kappa shape index (κ1) is 13.6. The third-order valence-electron chi connectivity index (χ3n) is 2.38. The number of halogens is 1. The molecule has 5 heteroatoms. The van der Waals surface area contributed by atoms with E-state index in [4.69, 9.17) is 10.2 Å². The predicted molar refractivity (Wildman–Crippen MR) is 61.1 cm³/mol. The molecule has 94 valence electrons. The molecule has 0 aliphatic carbocycles. The van der Waals surface area contributed by atoms with Crippen LogP contribution in [-0.2, 0) is 4.79 Å². The Morgan fingerprint density at radius 1 is 1.41 bits per heavy atom. The predicted octanol–water partition coefficient (Wildman–Crippen LogP) is 1.31. The van der Waals surface area contributed by atoms with Crippen LogP contribution in [0.1, 0.15) is 25.5 Å². The Morgan fingerprint density at radius 2 is 1.94 bits per heavy atom. The van der Waals surface area contributed by atoms with Crippen LogP contribution in [0.5, 0.6) is 0 Å². The largest absolute Gasteiger partial charge is 0.480 e. The SMILES string of the molecule is CC(C)(CO)NC(C(=O)O)c1ccc(F)cc1. The molecular weight excluding hydrogens is 225 g/mol. The van der Waals surface area contributed by atoms with Crippen molar-refractivity contribution in [3.05, 3.63) is 35.6 Å². The van der Waals surface area contributed by atoms with Crippen molar-refractivity contribution in [2.24, 2.45) is 0 Å². The van der Waals surface area contributed by atoms with E-state index >= 15 is 0 Å². The third kappa shape index (κ3) is 3.80. The summed E-state index contributed by atoms with van der Waals surface area (Å²) in [4.78, 5) is 11.1. The van der Waals surface area contributed by atoms with Crippen LogP contribution in [0.25, 0.3) is 0 Å². The first-order chi connectivity index (χ1) is 7.85. The number of hydrogen-bond acceptors (Lipinski definition) is 3. The molecule has 0 saturated carbocycles. The Kier molecular flexibility index (Phi) is 4.20. The Balaban J connectivity index is 2.94. The van der Waals surface area contributed by atoms with E-state index in [1.807, 2.05) is 0 Å². The Hall–Kier alpha value is -1.46. The summed E-state index contributed by atoms with van der Waals surface area (Å²) >= 11 is 0. The van der Waals surface area contributed by atoms with Crippen molar-refractivity contribution in [2.75, 3.05) is 6.61 Å². The minimum absolute atomic E-state index is 0.196. The van der Waals surface area contributed by atoms with Crippen molar-refractivity contribution < 1.29 is 19.4 Å². The zero-order valence-corrected chi connectivity index (χ0v) is 9.77. The van der Waals surface area contributed by atoms with E-state index in [1.54, 1.807) is 13.8 Å². The lowest BCUT2D eigenvalue weighted by Crippen LogP contribution is -2.47. The van der Waals surface area contributed by atoms with Gasteiger partial charge in [-0.05, 0) is 31.5 Å². The molecule has 1 aromatic carbocycles. The maximum atomic E-state index is 12.7. The summed E-state index contributed by atoms with van der Waals surface area (Å²) in [5.41, 5.74) is -0.280. The average Bonchev–Trinajstić information content (AvgIpc) is 2.27. The summed E-state index contributed by atoms with van der Waals surface area (Å²) in [5.74, 6) is -1.49. The maximum Gasteiger partial charge on any atom is 0.325 e. The van der Waals surface area contributed by atoms with Crippen LogP contribution >= 0.6 is 0 Å². The Bertz CT molecular complexity index is 389. The van der Waals surface area contributed by atoms with Crippen LogP contribution in [-0.4, -0.2) is 28.3 Å². The number of carboxylic acid groups (broad SMARTS) is 1. The molecule has 0 radical (unpaired) electrons. The Morgan fingerprint density at radius 3 is 2.35 bits per heavy atom. The standard InChI is InChI=1S/C12H16FNO3/c1-12(2,7-15)14-10(11(16)17)8-3-5-9(13)6-4-8/h3-6,10,14-15H,7H2,1-2H3,(H,16,17). The van der Waals surface area contributed by atoms with Gasteiger partial charge in [0.15, 0.2) is 0 Å². The molecule has 0 bridgehead atoms. The summed E-state index contributed by atoms with van der Waals surface area (Å²) < 4.78 is 12.7. The number of aliphatic hydroxyl groups is 1. The molecule has 1 unspecified atom stereocenters. The van der Waals surface area contributed by atoms with E-state index in [1.165, 1.54) is 24.3 Å². The molecule has 17 heavy (non-hydrogen) atoms. The molecule has 3 N–H and O–H groups in total. The van der Waals surface area contributed by atoms with Crippen LogP contribution < -0.4 is 5.32 Å². The summed E-state index contributed by atoms with van der Waals surface area (Å²) in [6.45, 7) is 3.18. The molecule has 0 fully saturated rings. The van der Waals surface area contributed by atoms with E-state index < -0.39 is 23.4 Å². The van der Waals surface area contributed by atoms with Gasteiger partial charge < -0.3 is 10.2 Å². The highest BCUT2D eigenvalue weighted by Gasteiger charge is 2.27. The van der Waals surface area contributed by atoms with Crippen molar-refractivity contribution in [2.45, 2.75) is 25.4 Å². The van der Waals surface area contributed by atoms with Crippen molar-refractivity contribution in [1.82, 2.24) is 5.32 Å². The third-order valence-corrected chi connectivity index (χ3v) is 2.38. The van der Waals surface area contributed by atoms with Crippen molar-refractivity contribution in [1.29, 1.82) is 0 Å². The number of nitrogens with one attached hydrogen (secondary N) is 1.